The average molecular weight is 221 g/mol. The summed E-state index contributed by atoms with van der Waals surface area (Å²) in [6.45, 7) is 8.59. The maximum atomic E-state index is 4.54. The normalized spacial score (nSPS) is 17.7. The topological polar surface area (TPSA) is 29.9 Å². The van der Waals surface area contributed by atoms with E-state index in [9.17, 15) is 0 Å². The molecule has 0 aromatic carbocycles. The van der Waals surface area contributed by atoms with Gasteiger partial charge in [-0.3, -0.25) is 4.68 Å². The van der Waals surface area contributed by atoms with Crippen LogP contribution in [-0.4, -0.2) is 22.4 Å². The first-order chi connectivity index (χ1) is 7.70. The zero-order valence-electron chi connectivity index (χ0n) is 10.7. The lowest BCUT2D eigenvalue weighted by atomic mass is 10.2. The summed E-state index contributed by atoms with van der Waals surface area (Å²) in [4.78, 5) is 0. The van der Waals surface area contributed by atoms with Crippen molar-refractivity contribution in [3.63, 3.8) is 0 Å². The second-order valence-electron chi connectivity index (χ2n) is 5.01. The van der Waals surface area contributed by atoms with E-state index in [1.54, 1.807) is 0 Å². The monoisotopic (exact) mass is 221 g/mol. The molecule has 0 amide bonds. The van der Waals surface area contributed by atoms with Crippen LogP contribution in [0.4, 0.5) is 0 Å². The molecule has 0 radical (unpaired) electrons. The quantitative estimate of drug-likeness (QED) is 0.798. The lowest BCUT2D eigenvalue weighted by Gasteiger charge is -2.18. The van der Waals surface area contributed by atoms with E-state index in [-0.39, 0.29) is 0 Å². The molecule has 0 aliphatic heterocycles. The molecule has 1 aromatic heterocycles. The maximum absolute atomic E-state index is 4.54. The van der Waals surface area contributed by atoms with Gasteiger partial charge in [0.2, 0.25) is 0 Å². The third-order valence-electron chi connectivity index (χ3n) is 3.32. The number of hydrogen-bond donors (Lipinski definition) is 1. The Morgan fingerprint density at radius 1 is 1.50 bits per heavy atom. The van der Waals surface area contributed by atoms with Gasteiger partial charge in [-0.25, -0.2) is 0 Å². The van der Waals surface area contributed by atoms with E-state index in [0.29, 0.717) is 6.04 Å². The van der Waals surface area contributed by atoms with Crippen molar-refractivity contribution in [3.8, 4) is 0 Å². The second-order valence-corrected chi connectivity index (χ2v) is 5.01. The Morgan fingerprint density at radius 3 is 2.75 bits per heavy atom. The van der Waals surface area contributed by atoms with Crippen LogP contribution in [0.2, 0.25) is 0 Å². The number of rotatable bonds is 6. The number of hydrogen-bond acceptors (Lipinski definition) is 2. The first-order valence-corrected chi connectivity index (χ1v) is 6.45. The molecule has 1 N–H and O–H groups in total. The van der Waals surface area contributed by atoms with E-state index in [1.807, 2.05) is 0 Å². The van der Waals surface area contributed by atoms with Gasteiger partial charge >= 0.3 is 0 Å². The Labute approximate surface area is 98.2 Å². The highest BCUT2D eigenvalue weighted by Gasteiger charge is 2.31. The summed E-state index contributed by atoms with van der Waals surface area (Å²) in [5.74, 6) is 0.885. The smallest absolute Gasteiger partial charge is 0.0596 e. The zero-order valence-corrected chi connectivity index (χ0v) is 10.7. The minimum absolute atomic E-state index is 0.623. The van der Waals surface area contributed by atoms with Gasteiger partial charge in [0, 0.05) is 11.7 Å². The summed E-state index contributed by atoms with van der Waals surface area (Å²) in [7, 11) is 0. The van der Waals surface area contributed by atoms with Crippen molar-refractivity contribution in [1.29, 1.82) is 0 Å². The fourth-order valence-corrected chi connectivity index (χ4v) is 2.25. The molecule has 1 aromatic rings. The molecule has 1 saturated carbocycles. The standard InChI is InChI=1S/C13H23N3/c1-4-7-14-13(12-5-6-12)9-16-11(3)8-10(2)15-16/h8,12-14H,4-7,9H2,1-3H3. The van der Waals surface area contributed by atoms with Crippen molar-refractivity contribution in [2.45, 2.75) is 52.6 Å². The van der Waals surface area contributed by atoms with E-state index >= 15 is 0 Å². The predicted molar refractivity (Wildman–Crippen MR) is 66.5 cm³/mol. The maximum Gasteiger partial charge on any atom is 0.0596 e. The van der Waals surface area contributed by atoms with Gasteiger partial charge in [-0.05, 0) is 51.6 Å². The molecule has 1 fully saturated rings. The van der Waals surface area contributed by atoms with E-state index in [2.05, 4.69) is 41.9 Å². The first-order valence-electron chi connectivity index (χ1n) is 6.45. The van der Waals surface area contributed by atoms with Gasteiger partial charge in [-0.15, -0.1) is 0 Å². The molecule has 1 heterocycles. The molecule has 1 aliphatic carbocycles. The molecular formula is C13H23N3. The van der Waals surface area contributed by atoms with Gasteiger partial charge in [0.05, 0.1) is 12.2 Å². The van der Waals surface area contributed by atoms with Crippen molar-refractivity contribution in [2.24, 2.45) is 5.92 Å². The number of nitrogens with zero attached hydrogens (tertiary/aromatic N) is 2. The Kier molecular flexibility index (Phi) is 3.64. The van der Waals surface area contributed by atoms with Gasteiger partial charge < -0.3 is 5.32 Å². The summed E-state index contributed by atoms with van der Waals surface area (Å²) in [5, 5.41) is 8.20. The van der Waals surface area contributed by atoms with Gasteiger partial charge in [0.15, 0.2) is 0 Å². The lowest BCUT2D eigenvalue weighted by Crippen LogP contribution is -2.36. The van der Waals surface area contributed by atoms with E-state index in [4.69, 9.17) is 0 Å². The Morgan fingerprint density at radius 2 is 2.25 bits per heavy atom. The van der Waals surface area contributed by atoms with E-state index in [0.717, 1.165) is 24.7 Å². The summed E-state index contributed by atoms with van der Waals surface area (Å²) < 4.78 is 2.15. The van der Waals surface area contributed by atoms with Gasteiger partial charge in [-0.2, -0.15) is 5.10 Å². The van der Waals surface area contributed by atoms with Crippen LogP contribution in [0.25, 0.3) is 0 Å². The number of aryl methyl sites for hydroxylation is 2. The highest BCUT2D eigenvalue weighted by Crippen LogP contribution is 2.33. The summed E-state index contributed by atoms with van der Waals surface area (Å²) >= 11 is 0. The second kappa shape index (κ2) is 5.00. The molecule has 0 bridgehead atoms. The predicted octanol–water partition coefficient (Wildman–Crippen LogP) is 2.28. The molecule has 2 rings (SSSR count). The fourth-order valence-electron chi connectivity index (χ4n) is 2.25. The lowest BCUT2D eigenvalue weighted by molar-refractivity contribution is 0.385. The zero-order chi connectivity index (χ0) is 11.5. The SMILES string of the molecule is CCCNC(Cn1nc(C)cc1C)C1CC1. The minimum atomic E-state index is 0.623. The van der Waals surface area contributed by atoms with Crippen LogP contribution in [0.15, 0.2) is 6.07 Å². The summed E-state index contributed by atoms with van der Waals surface area (Å²) in [5.41, 5.74) is 2.41. The van der Waals surface area contributed by atoms with Crippen LogP contribution in [-0.2, 0) is 6.54 Å². The van der Waals surface area contributed by atoms with E-state index < -0.39 is 0 Å². The van der Waals surface area contributed by atoms with Crippen LogP contribution < -0.4 is 5.32 Å². The molecule has 3 heteroatoms. The van der Waals surface area contributed by atoms with Crippen molar-refractivity contribution in [2.75, 3.05) is 6.54 Å². The molecule has 3 nitrogen and oxygen atoms in total. The number of aromatic nitrogens is 2. The molecule has 16 heavy (non-hydrogen) atoms. The van der Waals surface area contributed by atoms with Crippen LogP contribution in [0.5, 0.6) is 0 Å². The average Bonchev–Trinajstić information content (AvgIpc) is 3.01. The number of nitrogens with one attached hydrogen (secondary N) is 1. The molecular weight excluding hydrogens is 198 g/mol. The van der Waals surface area contributed by atoms with Gasteiger partial charge in [0.25, 0.3) is 0 Å². The molecule has 0 saturated heterocycles. The molecule has 1 atom stereocenters. The van der Waals surface area contributed by atoms with Crippen molar-refractivity contribution >= 4 is 0 Å². The van der Waals surface area contributed by atoms with Crippen molar-refractivity contribution < 1.29 is 0 Å². The third kappa shape index (κ3) is 2.85. The minimum Gasteiger partial charge on any atom is -0.312 e. The van der Waals surface area contributed by atoms with Gasteiger partial charge in [0.1, 0.15) is 0 Å². The van der Waals surface area contributed by atoms with E-state index in [1.165, 1.54) is 25.0 Å². The molecule has 1 unspecified atom stereocenters. The van der Waals surface area contributed by atoms with Gasteiger partial charge in [-0.1, -0.05) is 6.92 Å². The highest BCUT2D eigenvalue weighted by atomic mass is 15.3. The first kappa shape index (κ1) is 11.6. The third-order valence-corrected chi connectivity index (χ3v) is 3.32. The molecule has 0 spiro atoms. The summed E-state index contributed by atoms with van der Waals surface area (Å²) in [6.07, 6.45) is 3.99. The van der Waals surface area contributed by atoms with Crippen LogP contribution >= 0.6 is 0 Å². The summed E-state index contributed by atoms with van der Waals surface area (Å²) in [6, 6.07) is 2.78. The molecule has 90 valence electrons. The van der Waals surface area contributed by atoms with Crippen molar-refractivity contribution in [3.05, 3.63) is 17.5 Å². The van der Waals surface area contributed by atoms with Crippen LogP contribution in [0.3, 0.4) is 0 Å². The Balaban J connectivity index is 1.96. The van der Waals surface area contributed by atoms with Crippen LogP contribution in [0.1, 0.15) is 37.6 Å². The Hall–Kier alpha value is -0.830. The fraction of sp³-hybridized carbons (Fsp3) is 0.769. The Bertz CT molecular complexity index is 339. The van der Waals surface area contributed by atoms with Crippen LogP contribution in [0, 0.1) is 19.8 Å². The molecule has 1 aliphatic rings. The van der Waals surface area contributed by atoms with Crippen molar-refractivity contribution in [1.82, 2.24) is 15.1 Å². The largest absolute Gasteiger partial charge is 0.312 e. The highest BCUT2D eigenvalue weighted by molar-refractivity contribution is 5.07.